The van der Waals surface area contributed by atoms with E-state index in [0.717, 1.165) is 52.2 Å². The lowest BCUT2D eigenvalue weighted by Gasteiger charge is -2.01. The second-order valence-corrected chi connectivity index (χ2v) is 5.59. The molecule has 1 N–H and O–H groups in total. The number of rotatable bonds is 5. The Morgan fingerprint density at radius 1 is 1.33 bits per heavy atom. The summed E-state index contributed by atoms with van der Waals surface area (Å²) in [6.45, 7) is 6.07. The van der Waals surface area contributed by atoms with Crippen LogP contribution < -0.4 is 5.32 Å². The van der Waals surface area contributed by atoms with Gasteiger partial charge in [-0.05, 0) is 47.4 Å². The summed E-state index contributed by atoms with van der Waals surface area (Å²) in [5.41, 5.74) is 2.14. The molecule has 0 aliphatic rings. The van der Waals surface area contributed by atoms with E-state index in [-0.39, 0.29) is 0 Å². The van der Waals surface area contributed by atoms with E-state index in [1.165, 1.54) is 5.56 Å². The van der Waals surface area contributed by atoms with Crippen LogP contribution in [-0.4, -0.2) is 6.54 Å². The topological polar surface area (TPSA) is 25.2 Å². The number of hydrogen-bond donors (Lipinski definition) is 1. The van der Waals surface area contributed by atoms with Crippen molar-refractivity contribution < 1.29 is 4.42 Å². The molecule has 1 aromatic carbocycles. The third-order valence-corrected chi connectivity index (χ3v) is 3.77. The Balaban J connectivity index is 2.44. The van der Waals surface area contributed by atoms with Crippen molar-refractivity contribution in [3.8, 4) is 0 Å². The molecule has 0 saturated carbocycles. The van der Waals surface area contributed by atoms with Crippen molar-refractivity contribution in [3.05, 3.63) is 33.0 Å². The second kappa shape index (κ2) is 6.09. The molecule has 0 aliphatic heterocycles. The summed E-state index contributed by atoms with van der Waals surface area (Å²) >= 11 is 9.61. The Morgan fingerprint density at radius 2 is 2.11 bits per heavy atom. The van der Waals surface area contributed by atoms with Crippen molar-refractivity contribution in [3.63, 3.8) is 0 Å². The fourth-order valence-electron chi connectivity index (χ4n) is 2.13. The molecule has 4 heteroatoms. The van der Waals surface area contributed by atoms with E-state index >= 15 is 0 Å². The number of halogens is 2. The van der Waals surface area contributed by atoms with Crippen molar-refractivity contribution in [2.75, 3.05) is 6.54 Å². The van der Waals surface area contributed by atoms with Gasteiger partial charge in [0.1, 0.15) is 11.3 Å². The summed E-state index contributed by atoms with van der Waals surface area (Å²) < 4.78 is 6.87. The molecule has 0 atom stereocenters. The third-order valence-electron chi connectivity index (χ3n) is 2.96. The van der Waals surface area contributed by atoms with E-state index in [4.69, 9.17) is 16.0 Å². The van der Waals surface area contributed by atoms with Gasteiger partial charge in [0, 0.05) is 16.0 Å². The maximum Gasteiger partial charge on any atom is 0.148 e. The van der Waals surface area contributed by atoms with Gasteiger partial charge in [-0.25, -0.2) is 0 Å². The molecule has 0 radical (unpaired) electrons. The van der Waals surface area contributed by atoms with Gasteiger partial charge in [-0.1, -0.05) is 25.4 Å². The number of aryl methyl sites for hydroxylation is 1. The monoisotopic (exact) mass is 329 g/mol. The van der Waals surface area contributed by atoms with Gasteiger partial charge in [-0.3, -0.25) is 0 Å². The lowest BCUT2D eigenvalue weighted by molar-refractivity contribution is 0.507. The van der Waals surface area contributed by atoms with Crippen LogP contribution in [0.2, 0.25) is 5.02 Å². The molecule has 0 spiro atoms. The van der Waals surface area contributed by atoms with Gasteiger partial charge in [0.2, 0.25) is 0 Å². The molecule has 0 bridgehead atoms. The van der Waals surface area contributed by atoms with E-state index in [1.54, 1.807) is 0 Å². The Labute approximate surface area is 121 Å². The van der Waals surface area contributed by atoms with Gasteiger partial charge in [0.05, 0.1) is 11.0 Å². The van der Waals surface area contributed by atoms with Crippen LogP contribution in [0.4, 0.5) is 0 Å². The smallest absolute Gasteiger partial charge is 0.148 e. The van der Waals surface area contributed by atoms with Crippen LogP contribution in [0.5, 0.6) is 0 Å². The molecule has 0 aliphatic carbocycles. The van der Waals surface area contributed by atoms with Gasteiger partial charge in [-0.2, -0.15) is 0 Å². The Bertz CT molecular complexity index is 550. The van der Waals surface area contributed by atoms with Crippen LogP contribution in [0, 0.1) is 0 Å². The van der Waals surface area contributed by atoms with Gasteiger partial charge in [0.15, 0.2) is 0 Å². The lowest BCUT2D eigenvalue weighted by atomic mass is 10.1. The first-order chi connectivity index (χ1) is 8.67. The van der Waals surface area contributed by atoms with E-state index in [2.05, 4.69) is 35.1 Å². The van der Waals surface area contributed by atoms with Gasteiger partial charge in [-0.15, -0.1) is 0 Å². The maximum atomic E-state index is 6.10. The normalized spacial score (nSPS) is 11.3. The first-order valence-corrected chi connectivity index (χ1v) is 7.44. The molecule has 0 amide bonds. The third kappa shape index (κ3) is 2.73. The highest BCUT2D eigenvalue weighted by Crippen LogP contribution is 2.34. The van der Waals surface area contributed by atoms with Crippen LogP contribution >= 0.6 is 27.5 Å². The minimum atomic E-state index is 0.734. The number of furan rings is 1. The van der Waals surface area contributed by atoms with Gasteiger partial charge < -0.3 is 9.73 Å². The molecule has 0 saturated heterocycles. The van der Waals surface area contributed by atoms with Crippen molar-refractivity contribution in [2.24, 2.45) is 0 Å². The summed E-state index contributed by atoms with van der Waals surface area (Å²) in [4.78, 5) is 0. The number of nitrogens with one attached hydrogen (secondary N) is 1. The largest absolute Gasteiger partial charge is 0.458 e. The van der Waals surface area contributed by atoms with Crippen molar-refractivity contribution in [1.82, 2.24) is 5.32 Å². The minimum Gasteiger partial charge on any atom is -0.458 e. The molecule has 2 rings (SSSR count). The summed E-state index contributed by atoms with van der Waals surface area (Å²) in [6.07, 6.45) is 2.07. The molecule has 1 heterocycles. The van der Waals surface area contributed by atoms with Crippen LogP contribution in [0.25, 0.3) is 11.0 Å². The molecular formula is C14H17BrClNO. The van der Waals surface area contributed by atoms with Crippen LogP contribution in [0.3, 0.4) is 0 Å². The standard InChI is InChI=1S/C14H17BrClNO/c1-3-5-17-8-13-10(4-2)11-6-9(16)7-12(15)14(11)18-13/h6-7,17H,3-5,8H2,1-2H3. The Hall–Kier alpha value is -0.510. The van der Waals surface area contributed by atoms with E-state index in [9.17, 15) is 0 Å². The van der Waals surface area contributed by atoms with E-state index in [1.807, 2.05) is 12.1 Å². The number of benzene rings is 1. The Morgan fingerprint density at radius 3 is 2.78 bits per heavy atom. The number of hydrogen-bond acceptors (Lipinski definition) is 2. The highest BCUT2D eigenvalue weighted by atomic mass is 79.9. The Kier molecular flexibility index (Phi) is 4.71. The molecule has 0 unspecified atom stereocenters. The molecule has 98 valence electrons. The maximum absolute atomic E-state index is 6.10. The second-order valence-electron chi connectivity index (χ2n) is 4.30. The average molecular weight is 331 g/mol. The van der Waals surface area contributed by atoms with Crippen molar-refractivity contribution in [2.45, 2.75) is 33.2 Å². The van der Waals surface area contributed by atoms with Gasteiger partial charge >= 0.3 is 0 Å². The number of fused-ring (bicyclic) bond motifs is 1. The van der Waals surface area contributed by atoms with Crippen molar-refractivity contribution in [1.29, 1.82) is 0 Å². The van der Waals surface area contributed by atoms with Crippen LogP contribution in [0.1, 0.15) is 31.6 Å². The van der Waals surface area contributed by atoms with E-state index in [0.29, 0.717) is 0 Å². The zero-order valence-corrected chi connectivity index (χ0v) is 13.0. The first kappa shape index (κ1) is 13.9. The van der Waals surface area contributed by atoms with Crippen LogP contribution in [0.15, 0.2) is 21.0 Å². The SMILES string of the molecule is CCCNCc1oc2c(Br)cc(Cl)cc2c1CC. The highest BCUT2D eigenvalue weighted by molar-refractivity contribution is 9.10. The minimum absolute atomic E-state index is 0.734. The zero-order chi connectivity index (χ0) is 13.1. The summed E-state index contributed by atoms with van der Waals surface area (Å²) in [7, 11) is 0. The molecule has 2 nitrogen and oxygen atoms in total. The molecular weight excluding hydrogens is 314 g/mol. The fourth-order valence-corrected chi connectivity index (χ4v) is 3.02. The molecule has 0 fully saturated rings. The molecule has 18 heavy (non-hydrogen) atoms. The van der Waals surface area contributed by atoms with Crippen LogP contribution in [-0.2, 0) is 13.0 Å². The predicted molar refractivity (Wildman–Crippen MR) is 80.3 cm³/mol. The average Bonchev–Trinajstić information content (AvgIpc) is 2.67. The summed E-state index contributed by atoms with van der Waals surface area (Å²) in [5.74, 6) is 1.02. The fraction of sp³-hybridized carbons (Fsp3) is 0.429. The molecule has 2 aromatic rings. The predicted octanol–water partition coefficient (Wildman–Crippen LogP) is 4.91. The highest BCUT2D eigenvalue weighted by Gasteiger charge is 2.15. The lowest BCUT2D eigenvalue weighted by Crippen LogP contribution is -2.14. The first-order valence-electron chi connectivity index (χ1n) is 6.27. The summed E-state index contributed by atoms with van der Waals surface area (Å²) in [5, 5.41) is 5.23. The van der Waals surface area contributed by atoms with Gasteiger partial charge in [0.25, 0.3) is 0 Å². The molecule has 1 aromatic heterocycles. The zero-order valence-electron chi connectivity index (χ0n) is 10.6. The quantitative estimate of drug-likeness (QED) is 0.788. The summed E-state index contributed by atoms with van der Waals surface area (Å²) in [6, 6.07) is 3.85. The van der Waals surface area contributed by atoms with E-state index < -0.39 is 0 Å². The van der Waals surface area contributed by atoms with Crippen molar-refractivity contribution >= 4 is 38.5 Å².